The molecule has 4 rings (SSSR count). The van der Waals surface area contributed by atoms with Gasteiger partial charge in [-0.25, -0.2) is 5.43 Å². The number of carbonyl (C=O) groups is 2. The Morgan fingerprint density at radius 1 is 0.919 bits per heavy atom. The molecule has 0 spiro atoms. The molecule has 0 aliphatic carbocycles. The molecule has 0 aliphatic rings. The highest BCUT2D eigenvalue weighted by atomic mass is 16.5. The Balaban J connectivity index is 1.39. The Morgan fingerprint density at radius 3 is 2.27 bits per heavy atom. The number of nitrogens with one attached hydrogen (secondary N) is 2. The van der Waals surface area contributed by atoms with Crippen molar-refractivity contribution >= 4 is 28.9 Å². The molecule has 3 aromatic carbocycles. The van der Waals surface area contributed by atoms with Crippen LogP contribution in [0.1, 0.15) is 21.5 Å². The van der Waals surface area contributed by atoms with Gasteiger partial charge in [-0.2, -0.15) is 5.10 Å². The van der Waals surface area contributed by atoms with Gasteiger partial charge in [0.25, 0.3) is 11.8 Å². The zero-order valence-corrected chi connectivity index (χ0v) is 20.9. The molecule has 1 heterocycles. The first-order chi connectivity index (χ1) is 18.0. The minimum absolute atomic E-state index is 0.261. The first-order valence-corrected chi connectivity index (χ1v) is 11.6. The average Bonchev–Trinajstić information content (AvgIpc) is 3.28. The normalized spacial score (nSPS) is 10.9. The fraction of sp³-hybridized carbons (Fsp3) is 0.179. The zero-order chi connectivity index (χ0) is 26.2. The van der Waals surface area contributed by atoms with E-state index in [1.54, 1.807) is 6.21 Å². The number of fused-ring (bicyclic) bond motifs is 1. The maximum Gasteiger partial charge on any atom is 0.259 e. The van der Waals surface area contributed by atoms with Gasteiger partial charge in [-0.05, 0) is 23.8 Å². The van der Waals surface area contributed by atoms with Crippen molar-refractivity contribution in [1.29, 1.82) is 0 Å². The van der Waals surface area contributed by atoms with E-state index in [0.29, 0.717) is 23.8 Å². The number of nitrogens with zero attached hydrogens (tertiary/aromatic N) is 2. The van der Waals surface area contributed by atoms with Crippen molar-refractivity contribution in [3.8, 4) is 17.2 Å². The number of rotatable bonds is 10. The maximum absolute atomic E-state index is 12.6. The molecule has 1 aromatic heterocycles. The van der Waals surface area contributed by atoms with Crippen LogP contribution in [-0.2, 0) is 11.3 Å². The Bertz CT molecular complexity index is 1400. The van der Waals surface area contributed by atoms with Crippen LogP contribution in [0.2, 0.25) is 0 Å². The van der Waals surface area contributed by atoms with Crippen LogP contribution in [-0.4, -0.2) is 50.5 Å². The van der Waals surface area contributed by atoms with Crippen LogP contribution in [0.5, 0.6) is 17.2 Å². The van der Waals surface area contributed by atoms with Crippen LogP contribution in [0.3, 0.4) is 0 Å². The number of hydrogen-bond acceptors (Lipinski definition) is 6. The molecule has 37 heavy (non-hydrogen) atoms. The van der Waals surface area contributed by atoms with E-state index in [1.165, 1.54) is 39.0 Å². The highest BCUT2D eigenvalue weighted by Gasteiger charge is 2.17. The van der Waals surface area contributed by atoms with E-state index in [2.05, 4.69) is 32.5 Å². The number of benzene rings is 3. The van der Waals surface area contributed by atoms with Gasteiger partial charge in [0.2, 0.25) is 5.75 Å². The zero-order valence-electron chi connectivity index (χ0n) is 20.9. The van der Waals surface area contributed by atoms with E-state index in [4.69, 9.17) is 14.2 Å². The first-order valence-electron chi connectivity index (χ1n) is 11.6. The Labute approximate surface area is 214 Å². The van der Waals surface area contributed by atoms with E-state index in [0.717, 1.165) is 16.5 Å². The highest BCUT2D eigenvalue weighted by molar-refractivity contribution is 6.00. The number of ether oxygens (including phenoxy) is 3. The predicted molar refractivity (Wildman–Crippen MR) is 142 cm³/mol. The number of amides is 2. The Hall–Kier alpha value is -4.79. The summed E-state index contributed by atoms with van der Waals surface area (Å²) in [6.07, 6.45) is 3.60. The minimum atomic E-state index is -0.470. The summed E-state index contributed by atoms with van der Waals surface area (Å²) in [5.41, 5.74) is 5.84. The van der Waals surface area contributed by atoms with Crippen LogP contribution >= 0.6 is 0 Å². The maximum atomic E-state index is 12.6. The van der Waals surface area contributed by atoms with Crippen LogP contribution in [0.4, 0.5) is 0 Å². The molecule has 0 saturated carbocycles. The summed E-state index contributed by atoms with van der Waals surface area (Å²) in [7, 11) is 4.40. The van der Waals surface area contributed by atoms with E-state index < -0.39 is 11.8 Å². The topological polar surface area (TPSA) is 103 Å². The average molecular weight is 501 g/mol. The molecule has 0 bridgehead atoms. The van der Waals surface area contributed by atoms with Gasteiger partial charge in [-0.1, -0.05) is 48.5 Å². The summed E-state index contributed by atoms with van der Waals surface area (Å²) in [6.45, 7) is 0.455. The second-order valence-electron chi connectivity index (χ2n) is 8.10. The molecule has 190 valence electrons. The summed E-state index contributed by atoms with van der Waals surface area (Å²) in [5, 5.41) is 7.68. The third-order valence-corrected chi connectivity index (χ3v) is 5.74. The minimum Gasteiger partial charge on any atom is -0.493 e. The van der Waals surface area contributed by atoms with Crippen LogP contribution in [0, 0.1) is 0 Å². The third kappa shape index (κ3) is 5.90. The summed E-state index contributed by atoms with van der Waals surface area (Å²) in [4.78, 5) is 24.9. The van der Waals surface area contributed by atoms with Crippen molar-refractivity contribution < 1.29 is 23.8 Å². The Morgan fingerprint density at radius 2 is 1.59 bits per heavy atom. The predicted octanol–water partition coefficient (Wildman–Crippen LogP) is 3.60. The lowest BCUT2D eigenvalue weighted by Gasteiger charge is -2.14. The largest absolute Gasteiger partial charge is 0.493 e. The van der Waals surface area contributed by atoms with Gasteiger partial charge in [0.15, 0.2) is 11.5 Å². The quantitative estimate of drug-likeness (QED) is 0.256. The van der Waals surface area contributed by atoms with E-state index in [-0.39, 0.29) is 12.1 Å². The summed E-state index contributed by atoms with van der Waals surface area (Å²) >= 11 is 0. The van der Waals surface area contributed by atoms with Crippen LogP contribution in [0.25, 0.3) is 10.9 Å². The fourth-order valence-electron chi connectivity index (χ4n) is 3.98. The fourth-order valence-corrected chi connectivity index (χ4v) is 3.98. The van der Waals surface area contributed by atoms with E-state index in [9.17, 15) is 9.59 Å². The molecule has 0 radical (unpaired) electrons. The summed E-state index contributed by atoms with van der Waals surface area (Å²) in [6, 6.07) is 21.2. The molecule has 0 fully saturated rings. The molecule has 0 saturated heterocycles. The summed E-state index contributed by atoms with van der Waals surface area (Å²) < 4.78 is 18.0. The number of hydrazone groups is 1. The van der Waals surface area contributed by atoms with E-state index in [1.807, 2.05) is 48.7 Å². The van der Waals surface area contributed by atoms with Crippen molar-refractivity contribution in [2.24, 2.45) is 5.10 Å². The molecule has 0 unspecified atom stereocenters. The van der Waals surface area contributed by atoms with Crippen molar-refractivity contribution in [3.05, 3.63) is 89.6 Å². The SMILES string of the molecule is COc1cc(C(=O)NCC(=O)NN=Cc2cn(Cc3ccccc3)c3ccccc23)cc(OC)c1OC. The van der Waals surface area contributed by atoms with Gasteiger partial charge in [0.1, 0.15) is 0 Å². The monoisotopic (exact) mass is 500 g/mol. The molecule has 2 N–H and O–H groups in total. The van der Waals surface area contributed by atoms with Gasteiger partial charge in [-0.3, -0.25) is 9.59 Å². The lowest BCUT2D eigenvalue weighted by Crippen LogP contribution is -2.34. The van der Waals surface area contributed by atoms with Crippen LogP contribution in [0.15, 0.2) is 78.0 Å². The highest BCUT2D eigenvalue weighted by Crippen LogP contribution is 2.38. The van der Waals surface area contributed by atoms with Crippen molar-refractivity contribution in [3.63, 3.8) is 0 Å². The van der Waals surface area contributed by atoms with Gasteiger partial charge >= 0.3 is 0 Å². The van der Waals surface area contributed by atoms with Gasteiger partial charge in [0, 0.05) is 34.8 Å². The van der Waals surface area contributed by atoms with Crippen molar-refractivity contribution in [2.75, 3.05) is 27.9 Å². The molecule has 0 aliphatic heterocycles. The Kier molecular flexibility index (Phi) is 8.05. The van der Waals surface area contributed by atoms with Gasteiger partial charge in [0.05, 0.1) is 34.1 Å². The number of hydrogen-bond donors (Lipinski definition) is 2. The second-order valence-corrected chi connectivity index (χ2v) is 8.10. The molecule has 9 heteroatoms. The van der Waals surface area contributed by atoms with Gasteiger partial charge in [-0.15, -0.1) is 0 Å². The lowest BCUT2D eigenvalue weighted by molar-refractivity contribution is -0.120. The molecule has 0 atom stereocenters. The van der Waals surface area contributed by atoms with Crippen molar-refractivity contribution in [2.45, 2.75) is 6.54 Å². The van der Waals surface area contributed by atoms with E-state index >= 15 is 0 Å². The first kappa shape index (κ1) is 25.3. The van der Waals surface area contributed by atoms with Crippen molar-refractivity contribution in [1.82, 2.24) is 15.3 Å². The standard InChI is InChI=1S/C28H28N4O5/c1-35-24-13-20(14-25(36-2)27(24)37-3)28(34)29-16-26(33)31-30-15-21-18-32(17-19-9-5-4-6-10-19)23-12-8-7-11-22(21)23/h4-15,18H,16-17H2,1-3H3,(H,29,34)(H,31,33). The molecule has 9 nitrogen and oxygen atoms in total. The third-order valence-electron chi connectivity index (χ3n) is 5.74. The number of carbonyl (C=O) groups excluding carboxylic acids is 2. The number of aromatic nitrogens is 1. The number of methoxy groups -OCH3 is 3. The van der Waals surface area contributed by atoms with Crippen LogP contribution < -0.4 is 25.0 Å². The molecule has 2 amide bonds. The second kappa shape index (κ2) is 11.8. The van der Waals surface area contributed by atoms with Gasteiger partial charge < -0.3 is 24.1 Å². The lowest BCUT2D eigenvalue weighted by atomic mass is 10.1. The molecular formula is C28H28N4O5. The molecule has 4 aromatic rings. The smallest absolute Gasteiger partial charge is 0.259 e. The number of para-hydroxylation sites is 1. The molecular weight excluding hydrogens is 472 g/mol. The summed E-state index contributed by atoms with van der Waals surface area (Å²) in [5.74, 6) is 0.117.